The summed E-state index contributed by atoms with van der Waals surface area (Å²) in [6.45, 7) is 10.2. The van der Waals surface area contributed by atoms with Crippen molar-refractivity contribution in [2.24, 2.45) is 0 Å². The third-order valence-corrected chi connectivity index (χ3v) is 10.2. The number of nitriles is 1. The third kappa shape index (κ3) is 5.05. The molecule has 1 aromatic heterocycles. The normalized spacial score (nSPS) is 22.9. The molecule has 4 heterocycles. The summed E-state index contributed by atoms with van der Waals surface area (Å²) in [6.07, 6.45) is 6.78. The third-order valence-electron chi connectivity index (χ3n) is 10.2. The highest BCUT2D eigenvalue weighted by Gasteiger charge is 2.55. The fourth-order valence-corrected chi connectivity index (χ4v) is 7.79. The highest BCUT2D eigenvalue weighted by atomic mass is 16.5. The lowest BCUT2D eigenvalue weighted by atomic mass is 9.99. The summed E-state index contributed by atoms with van der Waals surface area (Å²) in [7, 11) is 2.20. The average Bonchev–Trinajstić information content (AvgIpc) is 3.68. The van der Waals surface area contributed by atoms with Gasteiger partial charge in [0.25, 0.3) is 0 Å². The largest absolute Gasteiger partial charge is 0.455 e. The van der Waals surface area contributed by atoms with E-state index in [-0.39, 0.29) is 24.0 Å². The van der Waals surface area contributed by atoms with Crippen LogP contribution in [-0.2, 0) is 17.8 Å². The smallest absolute Gasteiger partial charge is 0.319 e. The van der Waals surface area contributed by atoms with Gasteiger partial charge in [0.15, 0.2) is 0 Å². The zero-order valence-corrected chi connectivity index (χ0v) is 25.8. The van der Waals surface area contributed by atoms with Gasteiger partial charge in [-0.25, -0.2) is 0 Å². The van der Waals surface area contributed by atoms with Crippen molar-refractivity contribution in [2.75, 3.05) is 49.6 Å². The predicted molar refractivity (Wildman–Crippen MR) is 172 cm³/mol. The number of aromatic nitrogens is 2. The summed E-state index contributed by atoms with van der Waals surface area (Å²) in [5.41, 5.74) is 4.41. The highest BCUT2D eigenvalue weighted by molar-refractivity contribution is 5.97. The number of carbonyl (C=O) groups is 1. The molecular formula is C35H41N7O2. The predicted octanol–water partition coefficient (Wildman–Crippen LogP) is 4.62. The van der Waals surface area contributed by atoms with Crippen LogP contribution in [0.15, 0.2) is 49.1 Å². The van der Waals surface area contributed by atoms with E-state index in [1.807, 2.05) is 0 Å². The van der Waals surface area contributed by atoms with Crippen LogP contribution in [0.5, 0.6) is 6.01 Å². The van der Waals surface area contributed by atoms with E-state index in [0.29, 0.717) is 38.2 Å². The molecule has 2 saturated heterocycles. The maximum atomic E-state index is 12.6. The second kappa shape index (κ2) is 11.4. The van der Waals surface area contributed by atoms with Crippen LogP contribution in [-0.4, -0.2) is 83.1 Å². The molecule has 3 fully saturated rings. The van der Waals surface area contributed by atoms with E-state index in [9.17, 15) is 10.1 Å². The molecule has 7 rings (SSSR count). The lowest BCUT2D eigenvalue weighted by Crippen LogP contribution is -2.55. The van der Waals surface area contributed by atoms with Gasteiger partial charge in [-0.2, -0.15) is 15.2 Å². The Hall–Kier alpha value is -4.16. The van der Waals surface area contributed by atoms with E-state index in [1.165, 1.54) is 34.5 Å². The number of nitrogens with zero attached hydrogens (tertiary/aromatic N) is 7. The Labute approximate surface area is 259 Å². The fourth-order valence-electron chi connectivity index (χ4n) is 7.79. The zero-order chi connectivity index (χ0) is 30.4. The summed E-state index contributed by atoms with van der Waals surface area (Å²) in [5.74, 6) is 0.763. The van der Waals surface area contributed by atoms with Gasteiger partial charge in [0.1, 0.15) is 11.4 Å². The van der Waals surface area contributed by atoms with Crippen molar-refractivity contribution < 1.29 is 9.53 Å². The summed E-state index contributed by atoms with van der Waals surface area (Å²) in [5, 5.41) is 12.1. The molecule has 228 valence electrons. The van der Waals surface area contributed by atoms with Crippen molar-refractivity contribution in [3.63, 3.8) is 0 Å². The first-order chi connectivity index (χ1) is 21.4. The van der Waals surface area contributed by atoms with Crippen molar-refractivity contribution in [2.45, 2.75) is 69.7 Å². The minimum absolute atomic E-state index is 0.129. The molecule has 0 radical (unpaired) electrons. The van der Waals surface area contributed by atoms with Gasteiger partial charge in [0.2, 0.25) is 5.91 Å². The van der Waals surface area contributed by atoms with Gasteiger partial charge in [-0.15, -0.1) is 0 Å². The average molecular weight is 592 g/mol. The molecule has 0 spiro atoms. The Morgan fingerprint density at radius 2 is 1.95 bits per heavy atom. The Morgan fingerprint density at radius 3 is 2.68 bits per heavy atom. The molecule has 9 nitrogen and oxygen atoms in total. The number of amides is 1. The summed E-state index contributed by atoms with van der Waals surface area (Å²) in [4.78, 5) is 31.8. The van der Waals surface area contributed by atoms with Gasteiger partial charge in [0, 0.05) is 48.9 Å². The van der Waals surface area contributed by atoms with Crippen LogP contribution in [0.25, 0.3) is 10.8 Å². The van der Waals surface area contributed by atoms with Gasteiger partial charge in [-0.1, -0.05) is 36.9 Å². The number of hydrogen-bond donors (Lipinski definition) is 0. The number of piperazine rings is 1. The standard InChI is InChI=1S/C35H41N7O2/c1-4-31(43)42-21-20-41(22-26(42)13-17-36)33-27-14-19-40(29-11-6-10-25-9-5-8-24(2)32(25)29)23-28(27)37-34(38-33)44-35(15-16-35)30-12-7-18-39(30)3/h4-6,8-11,26,30H,1,7,12-16,18-23H2,2-3H3. The number of benzene rings is 2. The highest BCUT2D eigenvalue weighted by Crippen LogP contribution is 2.48. The number of anilines is 2. The van der Waals surface area contributed by atoms with Gasteiger partial charge in [0.05, 0.1) is 30.8 Å². The molecule has 4 aliphatic rings. The molecule has 0 bridgehead atoms. The summed E-state index contributed by atoms with van der Waals surface area (Å²) in [6, 6.07) is 15.9. The molecule has 3 aliphatic heterocycles. The molecule has 3 aromatic rings. The van der Waals surface area contributed by atoms with Crippen molar-refractivity contribution in [3.05, 3.63) is 65.9 Å². The molecule has 1 saturated carbocycles. The first-order valence-corrected chi connectivity index (χ1v) is 16.0. The molecule has 2 unspecified atom stereocenters. The summed E-state index contributed by atoms with van der Waals surface area (Å²) < 4.78 is 6.81. The van der Waals surface area contributed by atoms with E-state index in [2.05, 4.69) is 77.7 Å². The number of aryl methyl sites for hydroxylation is 1. The van der Waals surface area contributed by atoms with Gasteiger partial charge in [-0.05, 0) is 75.7 Å². The number of hydrogen-bond acceptors (Lipinski definition) is 8. The van der Waals surface area contributed by atoms with Gasteiger partial charge >= 0.3 is 6.01 Å². The lowest BCUT2D eigenvalue weighted by Gasteiger charge is -2.42. The molecule has 2 atom stereocenters. The SMILES string of the molecule is C=CC(=O)N1CCN(c2nc(OC3(C4CCCN4C)CC3)nc3c2CCN(c2cccc4cccc(C)c24)C3)CC1CC#N. The molecular weight excluding hydrogens is 550 g/mol. The number of rotatable bonds is 7. The number of fused-ring (bicyclic) bond motifs is 2. The molecule has 9 heteroatoms. The molecule has 44 heavy (non-hydrogen) atoms. The fraction of sp³-hybridized carbons (Fsp3) is 0.486. The van der Waals surface area contributed by atoms with Crippen molar-refractivity contribution in [1.82, 2.24) is 19.8 Å². The first kappa shape index (κ1) is 28.6. The maximum Gasteiger partial charge on any atom is 0.319 e. The lowest BCUT2D eigenvalue weighted by molar-refractivity contribution is -0.128. The van der Waals surface area contributed by atoms with Crippen molar-refractivity contribution >= 4 is 28.2 Å². The van der Waals surface area contributed by atoms with Crippen molar-refractivity contribution in [1.29, 1.82) is 5.26 Å². The second-order valence-electron chi connectivity index (χ2n) is 12.9. The molecule has 0 N–H and O–H groups in total. The number of likely N-dealkylation sites (N-methyl/N-ethyl adjacent to an activating group) is 1. The number of carbonyl (C=O) groups excluding carboxylic acids is 1. The Kier molecular flexibility index (Phi) is 7.41. The molecule has 1 aliphatic carbocycles. The maximum absolute atomic E-state index is 12.6. The quantitative estimate of drug-likeness (QED) is 0.368. The van der Waals surface area contributed by atoms with Crippen LogP contribution in [0.2, 0.25) is 0 Å². The zero-order valence-electron chi connectivity index (χ0n) is 25.8. The first-order valence-electron chi connectivity index (χ1n) is 16.0. The number of ether oxygens (including phenoxy) is 1. The summed E-state index contributed by atoms with van der Waals surface area (Å²) >= 11 is 0. The van der Waals surface area contributed by atoms with E-state index in [4.69, 9.17) is 14.7 Å². The van der Waals surface area contributed by atoms with Crippen LogP contribution in [0, 0.1) is 18.3 Å². The van der Waals surface area contributed by atoms with E-state index in [1.54, 1.807) is 4.90 Å². The van der Waals surface area contributed by atoms with Crippen LogP contribution < -0.4 is 14.5 Å². The Bertz CT molecular complexity index is 1640. The van der Waals surface area contributed by atoms with Crippen LogP contribution in [0.1, 0.15) is 48.9 Å². The van der Waals surface area contributed by atoms with Crippen LogP contribution >= 0.6 is 0 Å². The Balaban J connectivity index is 1.26. The second-order valence-corrected chi connectivity index (χ2v) is 12.9. The minimum atomic E-state index is -0.227. The van der Waals surface area contributed by atoms with E-state index >= 15 is 0 Å². The van der Waals surface area contributed by atoms with E-state index < -0.39 is 0 Å². The van der Waals surface area contributed by atoms with Crippen LogP contribution in [0.4, 0.5) is 11.5 Å². The Morgan fingerprint density at radius 1 is 1.14 bits per heavy atom. The molecule has 2 aromatic carbocycles. The minimum Gasteiger partial charge on any atom is -0.455 e. The van der Waals surface area contributed by atoms with Gasteiger partial charge in [-0.3, -0.25) is 9.69 Å². The molecule has 1 amide bonds. The van der Waals surface area contributed by atoms with Crippen LogP contribution in [0.3, 0.4) is 0 Å². The van der Waals surface area contributed by atoms with E-state index in [0.717, 1.165) is 55.8 Å². The topological polar surface area (TPSA) is 88.8 Å². The number of likely N-dealkylation sites (tertiary alicyclic amines) is 1. The monoisotopic (exact) mass is 591 g/mol. The van der Waals surface area contributed by atoms with Gasteiger partial charge < -0.3 is 19.4 Å². The van der Waals surface area contributed by atoms with Crippen molar-refractivity contribution in [3.8, 4) is 12.1 Å².